The first kappa shape index (κ1) is 15.6. The number of hydrogen-bond donors (Lipinski definition) is 1. The van der Waals surface area contributed by atoms with Gasteiger partial charge in [0.25, 0.3) is 0 Å². The molecule has 0 aliphatic carbocycles. The number of nitrogens with zero attached hydrogens (tertiary/aromatic N) is 2. The number of amides is 1. The van der Waals surface area contributed by atoms with Crippen LogP contribution in [-0.2, 0) is 14.3 Å². The number of phenolic OH excluding ortho intramolecular Hbond substituents is 1. The average molecular weight is 332 g/mol. The van der Waals surface area contributed by atoms with Crippen molar-refractivity contribution in [3.05, 3.63) is 41.1 Å². The maximum Gasteiger partial charge on any atom is 0.338 e. The lowest BCUT2D eigenvalue weighted by atomic mass is 9.94. The molecule has 0 bridgehead atoms. The Morgan fingerprint density at radius 1 is 1.43 bits per heavy atom. The second-order valence-corrected chi connectivity index (χ2v) is 6.10. The van der Waals surface area contributed by atoms with E-state index in [1.165, 1.54) is 28.8 Å². The van der Waals surface area contributed by atoms with Crippen molar-refractivity contribution in [2.45, 2.75) is 19.9 Å². The summed E-state index contributed by atoms with van der Waals surface area (Å²) in [5, 5.41) is 10.1. The maximum atomic E-state index is 12.4. The Balaban J connectivity index is 2.13. The number of carbonyl (C=O) groups excluding carboxylic acids is 2. The summed E-state index contributed by atoms with van der Waals surface area (Å²) in [7, 11) is 0. The van der Waals surface area contributed by atoms with Gasteiger partial charge in [-0.25, -0.2) is 9.79 Å². The van der Waals surface area contributed by atoms with Gasteiger partial charge >= 0.3 is 5.97 Å². The Morgan fingerprint density at radius 3 is 2.78 bits per heavy atom. The number of allylic oxidation sites excluding steroid dienone is 1. The highest BCUT2D eigenvalue weighted by atomic mass is 32.2. The fraction of sp³-hybridized carbons (Fsp3) is 0.312. The van der Waals surface area contributed by atoms with Crippen molar-refractivity contribution in [1.82, 2.24) is 4.90 Å². The van der Waals surface area contributed by atoms with Crippen LogP contribution in [0, 0.1) is 0 Å². The van der Waals surface area contributed by atoms with Gasteiger partial charge in [0.15, 0.2) is 5.17 Å². The third-order valence-corrected chi connectivity index (χ3v) is 4.63. The SMILES string of the molecule is CCOC(=O)C1=C(C)N=C2SCC(=O)N2[C@@H]1c1ccc(O)cc1. The van der Waals surface area contributed by atoms with Gasteiger partial charge in [0, 0.05) is 0 Å². The molecular weight excluding hydrogens is 316 g/mol. The summed E-state index contributed by atoms with van der Waals surface area (Å²) in [6, 6.07) is 5.89. The monoisotopic (exact) mass is 332 g/mol. The zero-order chi connectivity index (χ0) is 16.6. The molecule has 1 atom stereocenters. The molecule has 6 nitrogen and oxygen atoms in total. The first-order chi connectivity index (χ1) is 11.0. The zero-order valence-electron chi connectivity index (χ0n) is 12.8. The Labute approximate surface area is 137 Å². The number of fused-ring (bicyclic) bond motifs is 1. The van der Waals surface area contributed by atoms with Gasteiger partial charge in [-0.3, -0.25) is 9.69 Å². The Bertz CT molecular complexity index is 724. The third-order valence-electron chi connectivity index (χ3n) is 3.69. The second kappa shape index (κ2) is 6.08. The third kappa shape index (κ3) is 2.72. The Hall–Kier alpha value is -2.28. The molecule has 2 aliphatic heterocycles. The van der Waals surface area contributed by atoms with Gasteiger partial charge in [-0.15, -0.1) is 0 Å². The van der Waals surface area contributed by atoms with Crippen LogP contribution in [0.5, 0.6) is 5.75 Å². The van der Waals surface area contributed by atoms with Crippen molar-refractivity contribution in [1.29, 1.82) is 0 Å². The fourth-order valence-corrected chi connectivity index (χ4v) is 3.62. The van der Waals surface area contributed by atoms with Gasteiger partial charge in [-0.2, -0.15) is 0 Å². The van der Waals surface area contributed by atoms with Crippen LogP contribution in [0.1, 0.15) is 25.5 Å². The van der Waals surface area contributed by atoms with E-state index < -0.39 is 12.0 Å². The molecule has 1 saturated heterocycles. The summed E-state index contributed by atoms with van der Waals surface area (Å²) in [5.74, 6) is -0.146. The molecule has 2 aliphatic rings. The number of ether oxygens (including phenoxy) is 1. The lowest BCUT2D eigenvalue weighted by Crippen LogP contribution is -2.39. The van der Waals surface area contributed by atoms with E-state index in [9.17, 15) is 14.7 Å². The van der Waals surface area contributed by atoms with Crippen molar-refractivity contribution in [2.75, 3.05) is 12.4 Å². The summed E-state index contributed by atoms with van der Waals surface area (Å²) >= 11 is 1.36. The molecule has 3 rings (SSSR count). The Morgan fingerprint density at radius 2 is 2.13 bits per heavy atom. The van der Waals surface area contributed by atoms with E-state index in [4.69, 9.17) is 4.74 Å². The molecule has 1 N–H and O–H groups in total. The molecule has 1 aromatic carbocycles. The minimum atomic E-state index is -0.579. The number of amidine groups is 1. The number of benzene rings is 1. The summed E-state index contributed by atoms with van der Waals surface area (Å²) in [6.07, 6.45) is 0. The van der Waals surface area contributed by atoms with Crippen molar-refractivity contribution >= 4 is 28.8 Å². The lowest BCUT2D eigenvalue weighted by molar-refractivity contribution is -0.139. The molecule has 0 radical (unpaired) electrons. The number of hydrogen-bond acceptors (Lipinski definition) is 6. The number of aliphatic imine (C=N–C) groups is 1. The number of esters is 1. The van der Waals surface area contributed by atoms with Crippen LogP contribution in [0.15, 0.2) is 40.5 Å². The van der Waals surface area contributed by atoms with Crippen molar-refractivity contribution < 1.29 is 19.4 Å². The first-order valence-electron chi connectivity index (χ1n) is 7.23. The molecule has 1 fully saturated rings. The highest BCUT2D eigenvalue weighted by molar-refractivity contribution is 8.15. The average Bonchev–Trinajstić information content (AvgIpc) is 2.88. The van der Waals surface area contributed by atoms with E-state index in [0.717, 1.165) is 5.56 Å². The van der Waals surface area contributed by atoms with Gasteiger partial charge in [-0.05, 0) is 31.5 Å². The molecule has 0 spiro atoms. The predicted molar refractivity (Wildman–Crippen MR) is 86.9 cm³/mol. The number of phenols is 1. The fourth-order valence-electron chi connectivity index (χ4n) is 2.68. The van der Waals surface area contributed by atoms with Crippen LogP contribution in [0.4, 0.5) is 0 Å². The predicted octanol–water partition coefficient (Wildman–Crippen LogP) is 2.22. The molecule has 0 unspecified atom stereocenters. The zero-order valence-corrected chi connectivity index (χ0v) is 13.6. The second-order valence-electron chi connectivity index (χ2n) is 5.16. The molecular formula is C16H16N2O4S. The summed E-state index contributed by atoms with van der Waals surface area (Å²) in [6.45, 7) is 3.72. The maximum absolute atomic E-state index is 12.4. The van der Waals surface area contributed by atoms with Gasteiger partial charge in [-0.1, -0.05) is 23.9 Å². The molecule has 23 heavy (non-hydrogen) atoms. The minimum Gasteiger partial charge on any atom is -0.508 e. The van der Waals surface area contributed by atoms with Crippen LogP contribution in [-0.4, -0.2) is 39.4 Å². The quantitative estimate of drug-likeness (QED) is 0.859. The van der Waals surface area contributed by atoms with E-state index in [0.29, 0.717) is 22.2 Å². The van der Waals surface area contributed by atoms with E-state index in [1.807, 2.05) is 0 Å². The van der Waals surface area contributed by atoms with Crippen LogP contribution >= 0.6 is 11.8 Å². The number of thioether (sulfide) groups is 1. The van der Waals surface area contributed by atoms with Crippen LogP contribution in [0.25, 0.3) is 0 Å². The first-order valence-corrected chi connectivity index (χ1v) is 8.22. The normalized spacial score (nSPS) is 20.4. The molecule has 120 valence electrons. The van der Waals surface area contributed by atoms with Gasteiger partial charge in [0.2, 0.25) is 5.91 Å². The van der Waals surface area contributed by atoms with Gasteiger partial charge < -0.3 is 9.84 Å². The molecule has 1 amide bonds. The standard InChI is InChI=1S/C16H16N2O4S/c1-3-22-15(21)13-9(2)17-16-18(12(20)8-23-16)14(13)10-4-6-11(19)7-5-10/h4-7,14,19H,3,8H2,1-2H3/t14-/m1/s1. The van der Waals surface area contributed by atoms with E-state index in [1.54, 1.807) is 26.0 Å². The van der Waals surface area contributed by atoms with E-state index in [2.05, 4.69) is 4.99 Å². The highest BCUT2D eigenvalue weighted by Crippen LogP contribution is 2.41. The number of rotatable bonds is 3. The van der Waals surface area contributed by atoms with Crippen molar-refractivity contribution in [3.8, 4) is 5.75 Å². The molecule has 2 heterocycles. The van der Waals surface area contributed by atoms with Crippen molar-refractivity contribution in [3.63, 3.8) is 0 Å². The Kier molecular flexibility index (Phi) is 4.12. The smallest absolute Gasteiger partial charge is 0.338 e. The largest absolute Gasteiger partial charge is 0.508 e. The van der Waals surface area contributed by atoms with Gasteiger partial charge in [0.05, 0.1) is 29.7 Å². The van der Waals surface area contributed by atoms with Crippen molar-refractivity contribution in [2.24, 2.45) is 4.99 Å². The van der Waals surface area contributed by atoms with Crippen LogP contribution in [0.3, 0.4) is 0 Å². The topological polar surface area (TPSA) is 79.2 Å². The minimum absolute atomic E-state index is 0.0962. The summed E-state index contributed by atoms with van der Waals surface area (Å²) < 4.78 is 5.15. The van der Waals surface area contributed by atoms with Gasteiger partial charge in [0.1, 0.15) is 5.75 Å². The van der Waals surface area contributed by atoms with E-state index >= 15 is 0 Å². The summed E-state index contributed by atoms with van der Waals surface area (Å²) in [4.78, 5) is 30.6. The molecule has 7 heteroatoms. The number of aromatic hydroxyl groups is 1. The highest BCUT2D eigenvalue weighted by Gasteiger charge is 2.43. The van der Waals surface area contributed by atoms with Crippen LogP contribution < -0.4 is 0 Å². The van der Waals surface area contributed by atoms with E-state index in [-0.39, 0.29) is 18.3 Å². The lowest BCUT2D eigenvalue weighted by Gasteiger charge is -2.32. The number of carbonyl (C=O) groups is 2. The molecule has 0 saturated carbocycles. The molecule has 0 aromatic heterocycles. The summed E-state index contributed by atoms with van der Waals surface area (Å²) in [5.41, 5.74) is 1.64. The molecule has 1 aromatic rings. The van der Waals surface area contributed by atoms with Crippen LogP contribution in [0.2, 0.25) is 0 Å².